The average molecular weight is 466 g/mol. The van der Waals surface area contributed by atoms with E-state index in [0.29, 0.717) is 36.1 Å². The maximum Gasteiger partial charge on any atom is 0.243 e. The first kappa shape index (κ1) is 24.1. The molecule has 6 nitrogen and oxygen atoms in total. The molecule has 1 saturated carbocycles. The number of hydrogen-bond acceptors (Lipinski definition) is 5. The summed E-state index contributed by atoms with van der Waals surface area (Å²) in [4.78, 5) is 17.2. The van der Waals surface area contributed by atoms with Gasteiger partial charge in [0.05, 0.1) is 15.1 Å². The molecule has 0 aliphatic heterocycles. The van der Waals surface area contributed by atoms with E-state index in [1.807, 2.05) is 27.7 Å². The van der Waals surface area contributed by atoms with E-state index < -0.39 is 10.0 Å². The van der Waals surface area contributed by atoms with Crippen molar-refractivity contribution in [3.63, 3.8) is 0 Å². The van der Waals surface area contributed by atoms with Crippen molar-refractivity contribution in [1.29, 1.82) is 0 Å². The lowest BCUT2D eigenvalue weighted by molar-refractivity contribution is -0.117. The average Bonchev–Trinajstić information content (AvgIpc) is 3.08. The van der Waals surface area contributed by atoms with Crippen LogP contribution in [0.5, 0.6) is 0 Å². The van der Waals surface area contributed by atoms with E-state index in [0.717, 1.165) is 17.5 Å². The summed E-state index contributed by atoms with van der Waals surface area (Å²) in [6, 6.07) is 5.05. The van der Waals surface area contributed by atoms with Crippen molar-refractivity contribution in [2.24, 2.45) is 17.8 Å². The Kier molecular flexibility index (Phi) is 8.10. The van der Waals surface area contributed by atoms with Crippen LogP contribution in [-0.4, -0.2) is 36.7 Å². The van der Waals surface area contributed by atoms with Crippen LogP contribution in [0.4, 0.5) is 5.13 Å². The highest BCUT2D eigenvalue weighted by molar-refractivity contribution is 7.89. The Labute approximate surface area is 190 Å². The van der Waals surface area contributed by atoms with Gasteiger partial charge in [-0.25, -0.2) is 13.4 Å². The van der Waals surface area contributed by atoms with E-state index in [4.69, 9.17) is 0 Å². The number of carbonyl (C=O) groups is 1. The fourth-order valence-electron chi connectivity index (χ4n) is 4.18. The molecule has 0 bridgehead atoms. The van der Waals surface area contributed by atoms with Crippen LogP contribution in [0.2, 0.25) is 0 Å². The first-order valence-corrected chi connectivity index (χ1v) is 13.6. The van der Waals surface area contributed by atoms with Gasteiger partial charge in [-0.15, -0.1) is 0 Å². The molecule has 172 valence electrons. The standard InChI is InChI=1S/C23H35N3O3S2/c1-16(2)14-26(15-17(3)4)31(28,29)19-10-11-20-21(13-19)30-23(24-20)25-22(27)12-18-8-6-5-7-9-18/h10-11,13,16-18H,5-9,12,14-15H2,1-4H3,(H,24,25,27). The summed E-state index contributed by atoms with van der Waals surface area (Å²) in [6.45, 7) is 9.08. The molecule has 1 heterocycles. The van der Waals surface area contributed by atoms with Crippen LogP contribution in [0, 0.1) is 17.8 Å². The van der Waals surface area contributed by atoms with Gasteiger partial charge in [-0.05, 0) is 48.8 Å². The lowest BCUT2D eigenvalue weighted by Gasteiger charge is -2.25. The van der Waals surface area contributed by atoms with Gasteiger partial charge in [0.25, 0.3) is 0 Å². The van der Waals surface area contributed by atoms with E-state index >= 15 is 0 Å². The highest BCUT2D eigenvalue weighted by atomic mass is 32.2. The monoisotopic (exact) mass is 465 g/mol. The normalized spacial score (nSPS) is 16.0. The molecule has 8 heteroatoms. The molecule has 0 radical (unpaired) electrons. The zero-order valence-corrected chi connectivity index (χ0v) is 20.7. The number of hydrogen-bond donors (Lipinski definition) is 1. The van der Waals surface area contributed by atoms with Crippen LogP contribution in [0.3, 0.4) is 0 Å². The fraction of sp³-hybridized carbons (Fsp3) is 0.652. The van der Waals surface area contributed by atoms with Crippen LogP contribution in [0.1, 0.15) is 66.2 Å². The molecule has 0 spiro atoms. The second-order valence-electron chi connectivity index (χ2n) is 9.51. The molecule has 1 aliphatic rings. The number of fused-ring (bicyclic) bond motifs is 1. The predicted octanol–water partition coefficient (Wildman–Crippen LogP) is 5.51. The summed E-state index contributed by atoms with van der Waals surface area (Å²) in [6.07, 6.45) is 6.47. The Morgan fingerprint density at radius 3 is 2.39 bits per heavy atom. The van der Waals surface area contributed by atoms with Gasteiger partial charge in [-0.1, -0.05) is 58.3 Å². The largest absolute Gasteiger partial charge is 0.302 e. The Morgan fingerprint density at radius 1 is 1.13 bits per heavy atom. The van der Waals surface area contributed by atoms with Crippen molar-refractivity contribution in [3.8, 4) is 0 Å². The Hall–Kier alpha value is -1.51. The Balaban J connectivity index is 1.76. The smallest absolute Gasteiger partial charge is 0.243 e. The highest BCUT2D eigenvalue weighted by Gasteiger charge is 2.26. The van der Waals surface area contributed by atoms with Crippen LogP contribution >= 0.6 is 11.3 Å². The zero-order valence-electron chi connectivity index (χ0n) is 19.1. The molecule has 31 heavy (non-hydrogen) atoms. The topological polar surface area (TPSA) is 79.4 Å². The van der Waals surface area contributed by atoms with Gasteiger partial charge < -0.3 is 5.32 Å². The molecule has 3 rings (SSSR count). The SMILES string of the molecule is CC(C)CN(CC(C)C)S(=O)(=O)c1ccc2nc(NC(=O)CC3CCCCC3)sc2c1. The summed E-state index contributed by atoms with van der Waals surface area (Å²) >= 11 is 1.33. The summed E-state index contributed by atoms with van der Waals surface area (Å²) in [5, 5.41) is 3.45. The van der Waals surface area contributed by atoms with Gasteiger partial charge in [-0.2, -0.15) is 4.31 Å². The lowest BCUT2D eigenvalue weighted by atomic mass is 9.87. The molecular weight excluding hydrogens is 430 g/mol. The van der Waals surface area contributed by atoms with E-state index in [9.17, 15) is 13.2 Å². The number of amides is 1. The summed E-state index contributed by atoms with van der Waals surface area (Å²) in [5.41, 5.74) is 0.705. The summed E-state index contributed by atoms with van der Waals surface area (Å²) in [5.74, 6) is 0.949. The third-order valence-corrected chi connectivity index (χ3v) is 8.34. The third-order valence-electron chi connectivity index (χ3n) is 5.58. The number of anilines is 1. The van der Waals surface area contributed by atoms with Gasteiger partial charge >= 0.3 is 0 Å². The number of benzene rings is 1. The first-order valence-electron chi connectivity index (χ1n) is 11.4. The van der Waals surface area contributed by atoms with E-state index in [1.165, 1.54) is 30.6 Å². The molecule has 1 aliphatic carbocycles. The minimum Gasteiger partial charge on any atom is -0.302 e. The summed E-state index contributed by atoms with van der Waals surface area (Å²) < 4.78 is 28.9. The lowest BCUT2D eigenvalue weighted by Crippen LogP contribution is -2.37. The molecule has 0 atom stereocenters. The van der Waals surface area contributed by atoms with E-state index in [2.05, 4.69) is 10.3 Å². The van der Waals surface area contributed by atoms with Gasteiger partial charge in [-0.3, -0.25) is 4.79 Å². The number of thiazole rings is 1. The number of carbonyl (C=O) groups excluding carboxylic acids is 1. The van der Waals surface area contributed by atoms with Crippen LogP contribution < -0.4 is 5.32 Å². The highest BCUT2D eigenvalue weighted by Crippen LogP contribution is 2.31. The van der Waals surface area contributed by atoms with Crippen molar-refractivity contribution in [2.45, 2.75) is 71.1 Å². The minimum absolute atomic E-state index is 0.00107. The van der Waals surface area contributed by atoms with Crippen LogP contribution in [0.15, 0.2) is 23.1 Å². The van der Waals surface area contributed by atoms with E-state index in [-0.39, 0.29) is 22.6 Å². The second-order valence-corrected chi connectivity index (χ2v) is 12.5. The van der Waals surface area contributed by atoms with Crippen molar-refractivity contribution < 1.29 is 13.2 Å². The van der Waals surface area contributed by atoms with Crippen molar-refractivity contribution in [2.75, 3.05) is 18.4 Å². The zero-order chi connectivity index (χ0) is 22.6. The maximum atomic E-state index is 13.3. The number of nitrogens with one attached hydrogen (secondary N) is 1. The molecule has 0 saturated heterocycles. The number of aromatic nitrogens is 1. The van der Waals surface area contributed by atoms with E-state index in [1.54, 1.807) is 22.5 Å². The van der Waals surface area contributed by atoms with Crippen molar-refractivity contribution in [1.82, 2.24) is 9.29 Å². The van der Waals surface area contributed by atoms with Gasteiger partial charge in [0.2, 0.25) is 15.9 Å². The number of sulfonamides is 1. The van der Waals surface area contributed by atoms with Gasteiger partial charge in [0, 0.05) is 19.5 Å². The molecule has 1 fully saturated rings. The quantitative estimate of drug-likeness (QED) is 0.530. The number of rotatable bonds is 9. The Morgan fingerprint density at radius 2 is 1.77 bits per heavy atom. The molecule has 1 N–H and O–H groups in total. The van der Waals surface area contributed by atoms with Crippen LogP contribution in [0.25, 0.3) is 10.2 Å². The molecule has 1 aromatic carbocycles. The molecule has 1 aromatic heterocycles. The molecule has 0 unspecified atom stereocenters. The third kappa shape index (κ3) is 6.49. The van der Waals surface area contributed by atoms with Crippen molar-refractivity contribution >= 4 is 42.6 Å². The number of nitrogens with zero attached hydrogens (tertiary/aromatic N) is 2. The van der Waals surface area contributed by atoms with Gasteiger partial charge in [0.15, 0.2) is 5.13 Å². The Bertz CT molecular complexity index is 983. The van der Waals surface area contributed by atoms with Gasteiger partial charge in [0.1, 0.15) is 0 Å². The molecule has 2 aromatic rings. The van der Waals surface area contributed by atoms with Crippen molar-refractivity contribution in [3.05, 3.63) is 18.2 Å². The predicted molar refractivity (Wildman–Crippen MR) is 128 cm³/mol. The first-order chi connectivity index (χ1) is 14.6. The fourth-order valence-corrected chi connectivity index (χ4v) is 6.97. The summed E-state index contributed by atoms with van der Waals surface area (Å²) in [7, 11) is -3.59. The minimum atomic E-state index is -3.59. The second kappa shape index (κ2) is 10.4. The molecule has 1 amide bonds. The van der Waals surface area contributed by atoms with Crippen LogP contribution in [-0.2, 0) is 14.8 Å². The molecular formula is C23H35N3O3S2. The maximum absolute atomic E-state index is 13.3.